The number of carbonyl (C=O) groups excluding carboxylic acids is 3. The number of piperidine rings is 1. The highest BCUT2D eigenvalue weighted by atomic mass is 16.6. The van der Waals surface area contributed by atoms with Gasteiger partial charge >= 0.3 is 17.9 Å². The quantitative estimate of drug-likeness (QED) is 0.180. The van der Waals surface area contributed by atoms with Crippen LogP contribution in [0.1, 0.15) is 75.3 Å². The first-order valence-electron chi connectivity index (χ1n) is 21.3. The van der Waals surface area contributed by atoms with E-state index < -0.39 is 57.4 Å². The third kappa shape index (κ3) is 5.20. The Balaban J connectivity index is 1.36. The average molecular weight is 810 g/mol. The summed E-state index contributed by atoms with van der Waals surface area (Å²) in [6.45, 7) is 9.18. The van der Waals surface area contributed by atoms with E-state index in [9.17, 15) is 14.7 Å². The summed E-state index contributed by atoms with van der Waals surface area (Å²) in [5.41, 5.74) is 6.35. The summed E-state index contributed by atoms with van der Waals surface area (Å²) in [7, 11) is 6.22. The van der Waals surface area contributed by atoms with Crippen LogP contribution in [0, 0.1) is 11.3 Å². The van der Waals surface area contributed by atoms with E-state index in [2.05, 4.69) is 52.1 Å². The lowest BCUT2D eigenvalue weighted by atomic mass is 9.47. The van der Waals surface area contributed by atoms with Gasteiger partial charge in [0.05, 0.1) is 27.4 Å². The molecule has 9 rings (SSSR count). The van der Waals surface area contributed by atoms with Crippen molar-refractivity contribution < 1.29 is 38.4 Å². The maximum atomic E-state index is 15.4. The first-order valence-corrected chi connectivity index (χ1v) is 21.3. The number of fused-ring (bicyclic) bond motifs is 6. The van der Waals surface area contributed by atoms with Crippen molar-refractivity contribution in [3.63, 3.8) is 0 Å². The predicted octanol–water partition coefficient (Wildman–Crippen LogP) is 3.96. The Kier molecular flexibility index (Phi) is 9.36. The zero-order valence-corrected chi connectivity index (χ0v) is 35.4. The molecule has 0 amide bonds. The lowest BCUT2D eigenvalue weighted by molar-refractivity contribution is -0.228. The Morgan fingerprint density at radius 3 is 2.44 bits per heavy atom. The number of nitrogens with one attached hydrogen (secondary N) is 1. The first kappa shape index (κ1) is 40.0. The van der Waals surface area contributed by atoms with E-state index in [4.69, 9.17) is 24.7 Å². The molecule has 1 unspecified atom stereocenters. The zero-order valence-electron chi connectivity index (χ0n) is 35.4. The molecule has 2 bridgehead atoms. The molecule has 1 aliphatic carbocycles. The number of nitrogens with two attached hydrogens (primary N) is 1. The van der Waals surface area contributed by atoms with Crippen molar-refractivity contribution in [1.29, 1.82) is 0 Å². The topological polar surface area (TPSA) is 160 Å². The smallest absolute Gasteiger partial charge is 0.344 e. The second-order valence-electron chi connectivity index (χ2n) is 18.3. The number of benzene rings is 2. The van der Waals surface area contributed by atoms with Crippen LogP contribution in [0.3, 0.4) is 0 Å². The Labute approximate surface area is 346 Å². The molecule has 4 N–H and O–H groups in total. The summed E-state index contributed by atoms with van der Waals surface area (Å²) in [4.78, 5) is 53.4. The van der Waals surface area contributed by atoms with Crippen LogP contribution in [-0.2, 0) is 45.8 Å². The Hall–Kier alpha value is -4.43. The van der Waals surface area contributed by atoms with Gasteiger partial charge in [0.25, 0.3) is 0 Å². The standard InChI is InChI=1S/C46H59N5O8/c1-8-42(47)23-28-24-45(40(53)57-6,36-30(15-19-50(25-28)26-42)29-13-10-11-14-33(29)48-36)32-21-31-34(22-35(32)56-5)49(4)38-44(31)17-20-51-18-12-16-43(9-2,37(44)51)39(59-27(3)52)46(38,55)41(54)58-7/h10-14,16,21-22,28,37-39,48,55H,8-9,15,17-20,23-26,47H2,1-7H3/t28-,37-,38+,39+,42+,43+,44+,45-,46-/m0/s1. The number of H-pyrrole nitrogens is 1. The normalized spacial score (nSPS) is 37.0. The van der Waals surface area contributed by atoms with Crippen LogP contribution in [0.4, 0.5) is 5.69 Å². The number of aromatic nitrogens is 1. The Bertz CT molecular complexity index is 2260. The maximum Gasteiger partial charge on any atom is 0.344 e. The molecule has 10 atom stereocenters. The number of para-hydroxylation sites is 1. The molecular formula is C46H59N5O8. The van der Waals surface area contributed by atoms with Gasteiger partial charge in [-0.25, -0.2) is 4.79 Å². The van der Waals surface area contributed by atoms with Crippen molar-refractivity contribution in [3.8, 4) is 5.75 Å². The van der Waals surface area contributed by atoms with E-state index in [1.807, 2.05) is 37.1 Å². The number of hydrogen-bond acceptors (Lipinski definition) is 12. The number of rotatable bonds is 7. The fraction of sp³-hybridized carbons (Fsp3) is 0.587. The van der Waals surface area contributed by atoms with Crippen LogP contribution in [0.5, 0.6) is 5.75 Å². The van der Waals surface area contributed by atoms with Crippen LogP contribution in [0.15, 0.2) is 48.6 Å². The largest absolute Gasteiger partial charge is 0.496 e. The number of carbonyl (C=O) groups is 3. The zero-order chi connectivity index (χ0) is 41.9. The SMILES string of the molecule is CC[C@@]1(N)C[C@@H]2CN(CCc3c([nH]c4ccccc34)[C@@](C(=O)OC)(c3cc4c(cc3OC)N(C)[C@H]3[C@@](O)(C(=O)OC)[C@H](OC(C)=O)[C@]5(CC)C=CCN6CC[C@]43[C@@H]65)C2)C1. The van der Waals surface area contributed by atoms with Crippen molar-refractivity contribution in [2.45, 2.75) is 99.5 Å². The first-order chi connectivity index (χ1) is 28.2. The molecular weight excluding hydrogens is 751 g/mol. The number of anilines is 1. The highest BCUT2D eigenvalue weighted by Gasteiger charge is 2.80. The van der Waals surface area contributed by atoms with Gasteiger partial charge in [-0.3, -0.25) is 14.5 Å². The summed E-state index contributed by atoms with van der Waals surface area (Å²) in [5, 5.41) is 14.4. The van der Waals surface area contributed by atoms with E-state index >= 15 is 4.79 Å². The van der Waals surface area contributed by atoms with Gasteiger partial charge in [0.2, 0.25) is 5.60 Å². The number of hydrogen-bond donors (Lipinski definition) is 3. The van der Waals surface area contributed by atoms with Crippen molar-refractivity contribution in [2.24, 2.45) is 17.1 Å². The van der Waals surface area contributed by atoms with E-state index in [1.165, 1.54) is 21.1 Å². The van der Waals surface area contributed by atoms with E-state index in [0.29, 0.717) is 50.1 Å². The number of methoxy groups -OCH3 is 3. The van der Waals surface area contributed by atoms with Crippen LogP contribution in [-0.4, -0.2) is 128 Å². The van der Waals surface area contributed by atoms with E-state index in [0.717, 1.165) is 65.9 Å². The summed E-state index contributed by atoms with van der Waals surface area (Å²) in [6, 6.07) is 11.1. The van der Waals surface area contributed by atoms with E-state index in [1.54, 1.807) is 7.11 Å². The molecule has 5 aliphatic heterocycles. The second kappa shape index (κ2) is 13.8. The van der Waals surface area contributed by atoms with Gasteiger partial charge in [-0.1, -0.05) is 44.2 Å². The molecule has 13 nitrogen and oxygen atoms in total. The van der Waals surface area contributed by atoms with Gasteiger partial charge in [-0.05, 0) is 74.2 Å². The molecule has 13 heteroatoms. The van der Waals surface area contributed by atoms with Gasteiger partial charge < -0.3 is 44.6 Å². The fourth-order valence-electron chi connectivity index (χ4n) is 13.6. The molecule has 1 aromatic heterocycles. The van der Waals surface area contributed by atoms with Gasteiger partial charge in [-0.15, -0.1) is 0 Å². The lowest BCUT2D eigenvalue weighted by Crippen LogP contribution is -2.81. The second-order valence-corrected chi connectivity index (χ2v) is 18.3. The molecule has 2 saturated heterocycles. The highest BCUT2D eigenvalue weighted by Crippen LogP contribution is 2.68. The molecule has 3 fully saturated rings. The molecule has 1 spiro atoms. The minimum Gasteiger partial charge on any atom is -0.496 e. The molecule has 316 valence electrons. The highest BCUT2D eigenvalue weighted by molar-refractivity contribution is 5.95. The summed E-state index contributed by atoms with van der Waals surface area (Å²) >= 11 is 0. The van der Waals surface area contributed by atoms with Crippen LogP contribution in [0.2, 0.25) is 0 Å². The molecule has 1 saturated carbocycles. The number of aromatic amines is 1. The molecule has 6 heterocycles. The van der Waals surface area contributed by atoms with Gasteiger partial charge in [0.1, 0.15) is 11.2 Å². The van der Waals surface area contributed by atoms with Gasteiger partial charge in [-0.2, -0.15) is 0 Å². The van der Waals surface area contributed by atoms with Crippen LogP contribution >= 0.6 is 0 Å². The molecule has 0 radical (unpaired) electrons. The van der Waals surface area contributed by atoms with Gasteiger partial charge in [0.15, 0.2) is 6.10 Å². The molecule has 59 heavy (non-hydrogen) atoms. The van der Waals surface area contributed by atoms with E-state index in [-0.39, 0.29) is 12.0 Å². The minimum absolute atomic E-state index is 0.0264. The number of nitrogens with zero attached hydrogens (tertiary/aromatic N) is 3. The molecule has 2 aromatic carbocycles. The van der Waals surface area contributed by atoms with Crippen LogP contribution < -0.4 is 15.4 Å². The Morgan fingerprint density at radius 1 is 0.983 bits per heavy atom. The van der Waals surface area contributed by atoms with Crippen molar-refractivity contribution in [2.75, 3.05) is 66.0 Å². The minimum atomic E-state index is -2.29. The van der Waals surface area contributed by atoms with Crippen molar-refractivity contribution in [3.05, 3.63) is 70.9 Å². The third-order valence-electron chi connectivity index (χ3n) is 15.7. The number of likely N-dealkylation sites (N-methyl/N-ethyl adjacent to an activating group) is 1. The van der Waals surface area contributed by atoms with Crippen LogP contribution in [0.25, 0.3) is 10.9 Å². The summed E-state index contributed by atoms with van der Waals surface area (Å²) in [6.07, 6.45) is 6.59. The summed E-state index contributed by atoms with van der Waals surface area (Å²) in [5.74, 6) is -1.35. The number of esters is 3. The number of aliphatic hydroxyl groups is 1. The predicted molar refractivity (Wildman–Crippen MR) is 222 cm³/mol. The maximum absolute atomic E-state index is 15.4. The monoisotopic (exact) mass is 809 g/mol. The average Bonchev–Trinajstić information content (AvgIpc) is 3.90. The number of ether oxygens (including phenoxy) is 4. The molecule has 6 aliphatic rings. The Morgan fingerprint density at radius 2 is 1.75 bits per heavy atom. The van der Waals surface area contributed by atoms with Gasteiger partial charge in [0, 0.05) is 96.5 Å². The van der Waals surface area contributed by atoms with Crippen molar-refractivity contribution >= 4 is 34.5 Å². The van der Waals surface area contributed by atoms with Crippen molar-refractivity contribution in [1.82, 2.24) is 14.8 Å². The molecule has 3 aromatic rings. The fourth-order valence-corrected chi connectivity index (χ4v) is 13.6. The third-order valence-corrected chi connectivity index (χ3v) is 15.7. The lowest BCUT2D eigenvalue weighted by Gasteiger charge is -2.63. The summed E-state index contributed by atoms with van der Waals surface area (Å²) < 4.78 is 24.0.